The number of hydrogen-bond acceptors (Lipinski definition) is 3. The van der Waals surface area contributed by atoms with Crippen molar-refractivity contribution in [3.63, 3.8) is 0 Å². The van der Waals surface area contributed by atoms with Crippen LogP contribution in [0.3, 0.4) is 0 Å². The fourth-order valence-electron chi connectivity index (χ4n) is 2.57. The minimum absolute atomic E-state index is 0.123. The normalized spacial score (nSPS) is 23.9. The Morgan fingerprint density at radius 1 is 1.39 bits per heavy atom. The maximum absolute atomic E-state index is 11.8. The first-order chi connectivity index (χ1) is 8.79. The SMILES string of the molecule is C=CCNC(=O)CN(CC1CCCCN1)C1CC1. The van der Waals surface area contributed by atoms with Crippen LogP contribution in [0.2, 0.25) is 0 Å². The summed E-state index contributed by atoms with van der Waals surface area (Å²) in [5.41, 5.74) is 0. The Morgan fingerprint density at radius 2 is 2.22 bits per heavy atom. The molecule has 4 heteroatoms. The molecule has 0 aromatic carbocycles. The Hall–Kier alpha value is -0.870. The zero-order chi connectivity index (χ0) is 12.8. The molecule has 2 N–H and O–H groups in total. The van der Waals surface area contributed by atoms with Crippen molar-refractivity contribution >= 4 is 5.91 Å². The molecule has 2 fully saturated rings. The van der Waals surface area contributed by atoms with E-state index in [1.54, 1.807) is 6.08 Å². The van der Waals surface area contributed by atoms with Crippen LogP contribution in [0.4, 0.5) is 0 Å². The van der Waals surface area contributed by atoms with E-state index in [-0.39, 0.29) is 5.91 Å². The molecule has 1 atom stereocenters. The van der Waals surface area contributed by atoms with Crippen molar-refractivity contribution in [2.24, 2.45) is 0 Å². The van der Waals surface area contributed by atoms with E-state index in [1.165, 1.54) is 32.1 Å². The first-order valence-electron chi connectivity index (χ1n) is 7.14. The van der Waals surface area contributed by atoms with Gasteiger partial charge in [-0.3, -0.25) is 9.69 Å². The van der Waals surface area contributed by atoms with E-state index in [4.69, 9.17) is 0 Å². The topological polar surface area (TPSA) is 44.4 Å². The summed E-state index contributed by atoms with van der Waals surface area (Å²) in [6, 6.07) is 1.22. The summed E-state index contributed by atoms with van der Waals surface area (Å²) < 4.78 is 0. The zero-order valence-electron chi connectivity index (χ0n) is 11.2. The zero-order valence-corrected chi connectivity index (χ0v) is 11.2. The van der Waals surface area contributed by atoms with Crippen molar-refractivity contribution in [2.45, 2.75) is 44.2 Å². The molecule has 0 bridgehead atoms. The van der Waals surface area contributed by atoms with Gasteiger partial charge in [-0.05, 0) is 32.2 Å². The third-order valence-corrected chi connectivity index (χ3v) is 3.72. The van der Waals surface area contributed by atoms with Crippen LogP contribution in [0.5, 0.6) is 0 Å². The highest BCUT2D eigenvalue weighted by Crippen LogP contribution is 2.27. The Bertz CT molecular complexity index is 283. The fourth-order valence-corrected chi connectivity index (χ4v) is 2.57. The smallest absolute Gasteiger partial charge is 0.234 e. The monoisotopic (exact) mass is 251 g/mol. The highest BCUT2D eigenvalue weighted by molar-refractivity contribution is 5.78. The van der Waals surface area contributed by atoms with Gasteiger partial charge in [0.2, 0.25) is 5.91 Å². The molecule has 4 nitrogen and oxygen atoms in total. The average Bonchev–Trinajstić information content (AvgIpc) is 3.21. The van der Waals surface area contributed by atoms with Gasteiger partial charge in [0.1, 0.15) is 0 Å². The summed E-state index contributed by atoms with van der Waals surface area (Å²) in [7, 11) is 0. The summed E-state index contributed by atoms with van der Waals surface area (Å²) in [6.07, 6.45) is 8.08. The van der Waals surface area contributed by atoms with Crippen LogP contribution in [0.1, 0.15) is 32.1 Å². The van der Waals surface area contributed by atoms with Gasteiger partial charge in [-0.15, -0.1) is 6.58 Å². The molecule has 1 saturated heterocycles. The molecule has 1 unspecified atom stereocenters. The molecule has 0 spiro atoms. The van der Waals surface area contributed by atoms with Gasteiger partial charge in [0.25, 0.3) is 0 Å². The van der Waals surface area contributed by atoms with E-state index in [2.05, 4.69) is 22.1 Å². The number of piperidine rings is 1. The number of amides is 1. The average molecular weight is 251 g/mol. The molecular weight excluding hydrogens is 226 g/mol. The van der Waals surface area contributed by atoms with Gasteiger partial charge < -0.3 is 10.6 Å². The second-order valence-corrected chi connectivity index (χ2v) is 5.40. The molecule has 2 aliphatic rings. The van der Waals surface area contributed by atoms with E-state index >= 15 is 0 Å². The highest BCUT2D eigenvalue weighted by atomic mass is 16.2. The van der Waals surface area contributed by atoms with Crippen LogP contribution in [-0.4, -0.2) is 49.1 Å². The standard InChI is InChI=1S/C14H25N3O/c1-2-8-16-14(18)11-17(13-6-7-13)10-12-5-3-4-9-15-12/h2,12-13,15H,1,3-11H2,(H,16,18). The number of carbonyl (C=O) groups excluding carboxylic acids is 1. The molecule has 1 aliphatic heterocycles. The van der Waals surface area contributed by atoms with Crippen molar-refractivity contribution in [1.29, 1.82) is 0 Å². The van der Waals surface area contributed by atoms with Crippen molar-refractivity contribution in [1.82, 2.24) is 15.5 Å². The molecule has 1 saturated carbocycles. The summed E-state index contributed by atoms with van der Waals surface area (Å²) in [6.45, 7) is 6.87. The Kier molecular flexibility index (Phi) is 5.20. The van der Waals surface area contributed by atoms with Gasteiger partial charge in [-0.2, -0.15) is 0 Å². The van der Waals surface area contributed by atoms with Crippen LogP contribution in [-0.2, 0) is 4.79 Å². The molecule has 0 aromatic heterocycles. The lowest BCUT2D eigenvalue weighted by molar-refractivity contribution is -0.122. The maximum Gasteiger partial charge on any atom is 0.234 e. The Morgan fingerprint density at radius 3 is 2.83 bits per heavy atom. The van der Waals surface area contributed by atoms with Gasteiger partial charge >= 0.3 is 0 Å². The number of hydrogen-bond donors (Lipinski definition) is 2. The first kappa shape index (κ1) is 13.6. The van der Waals surface area contributed by atoms with Gasteiger partial charge in [0.05, 0.1) is 6.54 Å². The molecule has 102 valence electrons. The van der Waals surface area contributed by atoms with Crippen molar-refractivity contribution in [3.8, 4) is 0 Å². The molecule has 1 aliphatic carbocycles. The van der Waals surface area contributed by atoms with E-state index in [1.807, 2.05) is 0 Å². The number of nitrogens with zero attached hydrogens (tertiary/aromatic N) is 1. The lowest BCUT2D eigenvalue weighted by atomic mass is 10.0. The van der Waals surface area contributed by atoms with Gasteiger partial charge in [-0.1, -0.05) is 12.5 Å². The highest BCUT2D eigenvalue weighted by Gasteiger charge is 2.31. The molecular formula is C14H25N3O. The minimum atomic E-state index is 0.123. The first-order valence-corrected chi connectivity index (χ1v) is 7.14. The summed E-state index contributed by atoms with van der Waals surface area (Å²) >= 11 is 0. The minimum Gasteiger partial charge on any atom is -0.352 e. The summed E-state index contributed by atoms with van der Waals surface area (Å²) in [4.78, 5) is 14.1. The van der Waals surface area contributed by atoms with Crippen molar-refractivity contribution in [3.05, 3.63) is 12.7 Å². The quantitative estimate of drug-likeness (QED) is 0.661. The predicted molar refractivity (Wildman–Crippen MR) is 73.4 cm³/mol. The van der Waals surface area contributed by atoms with Crippen molar-refractivity contribution in [2.75, 3.05) is 26.2 Å². The predicted octanol–water partition coefficient (Wildman–Crippen LogP) is 0.895. The maximum atomic E-state index is 11.8. The van der Waals surface area contributed by atoms with Crippen LogP contribution in [0, 0.1) is 0 Å². The van der Waals surface area contributed by atoms with Gasteiger partial charge in [0, 0.05) is 25.2 Å². The molecule has 2 rings (SSSR count). The van der Waals surface area contributed by atoms with Crippen LogP contribution in [0.25, 0.3) is 0 Å². The van der Waals surface area contributed by atoms with E-state index in [0.717, 1.165) is 13.1 Å². The lowest BCUT2D eigenvalue weighted by Gasteiger charge is -2.30. The van der Waals surface area contributed by atoms with Crippen molar-refractivity contribution < 1.29 is 4.79 Å². The molecule has 0 aromatic rings. The Balaban J connectivity index is 1.76. The van der Waals surface area contributed by atoms with E-state index in [9.17, 15) is 4.79 Å². The third-order valence-electron chi connectivity index (χ3n) is 3.72. The second-order valence-electron chi connectivity index (χ2n) is 5.40. The number of carbonyl (C=O) groups is 1. The second kappa shape index (κ2) is 6.90. The molecule has 1 heterocycles. The lowest BCUT2D eigenvalue weighted by Crippen LogP contribution is -2.47. The molecule has 0 radical (unpaired) electrons. The van der Waals surface area contributed by atoms with E-state index < -0.39 is 0 Å². The molecule has 18 heavy (non-hydrogen) atoms. The van der Waals surface area contributed by atoms with Crippen LogP contribution >= 0.6 is 0 Å². The summed E-state index contributed by atoms with van der Waals surface area (Å²) in [5, 5.41) is 6.42. The molecule has 1 amide bonds. The third kappa shape index (κ3) is 4.42. The van der Waals surface area contributed by atoms with E-state index in [0.29, 0.717) is 25.2 Å². The van der Waals surface area contributed by atoms with Gasteiger partial charge in [0.15, 0.2) is 0 Å². The number of nitrogens with one attached hydrogen (secondary N) is 2. The van der Waals surface area contributed by atoms with Gasteiger partial charge in [-0.25, -0.2) is 0 Å². The largest absolute Gasteiger partial charge is 0.352 e. The fraction of sp³-hybridized carbons (Fsp3) is 0.786. The summed E-state index contributed by atoms with van der Waals surface area (Å²) in [5.74, 6) is 0.123. The Labute approximate surface area is 110 Å². The number of rotatable bonds is 7. The van der Waals surface area contributed by atoms with Crippen LogP contribution in [0.15, 0.2) is 12.7 Å². The van der Waals surface area contributed by atoms with Crippen LogP contribution < -0.4 is 10.6 Å².